The first-order valence-corrected chi connectivity index (χ1v) is 13.5. The number of aliphatic imine (C=N–C) groups is 1. The first-order valence-electron chi connectivity index (χ1n) is 13.1. The van der Waals surface area contributed by atoms with Crippen LogP contribution in [0.1, 0.15) is 54.8 Å². The molecule has 2 aromatic carbocycles. The summed E-state index contributed by atoms with van der Waals surface area (Å²) in [5.74, 6) is -0.464. The van der Waals surface area contributed by atoms with E-state index in [0.717, 1.165) is 4.90 Å². The summed E-state index contributed by atoms with van der Waals surface area (Å²) in [6.45, 7) is 9.16. The Morgan fingerprint density at radius 2 is 1.88 bits per heavy atom. The number of aryl methyl sites for hydroxylation is 1. The average molecular weight is 609 g/mol. The van der Waals surface area contributed by atoms with Gasteiger partial charge in [0.05, 0.1) is 25.6 Å². The molecule has 1 aromatic heterocycles. The fraction of sp³-hybridized carbons (Fsp3) is 0.379. The molecule has 13 heteroatoms. The lowest BCUT2D eigenvalue weighted by Gasteiger charge is -2.30. The number of aromatic nitrogens is 2. The summed E-state index contributed by atoms with van der Waals surface area (Å²) in [6.07, 6.45) is -7.23. The predicted molar refractivity (Wildman–Crippen MR) is 152 cm³/mol. The zero-order valence-electron chi connectivity index (χ0n) is 23.8. The Kier molecular flexibility index (Phi) is 10.7. The molecule has 0 aliphatic carbocycles. The number of amidine groups is 1. The summed E-state index contributed by atoms with van der Waals surface area (Å²) in [5.41, 5.74) is 0.656. The number of hydrogen-bond acceptors (Lipinski definition) is 7. The second-order valence-corrected chi connectivity index (χ2v) is 9.37. The molecule has 0 spiro atoms. The number of fused-ring (bicyclic) bond motifs is 1. The van der Waals surface area contributed by atoms with Crippen molar-refractivity contribution in [3.05, 3.63) is 82.2 Å². The molecule has 42 heavy (non-hydrogen) atoms. The Morgan fingerprint density at radius 1 is 1.19 bits per heavy atom. The first-order chi connectivity index (χ1) is 19.9. The van der Waals surface area contributed by atoms with Crippen molar-refractivity contribution in [3.8, 4) is 5.75 Å². The number of hydrogen-bond donors (Lipinski definition) is 1. The van der Waals surface area contributed by atoms with Crippen molar-refractivity contribution in [2.75, 3.05) is 19.1 Å². The minimum absolute atomic E-state index is 0.00481. The maximum atomic E-state index is 14.2. The highest BCUT2D eigenvalue weighted by Crippen LogP contribution is 2.45. The van der Waals surface area contributed by atoms with Crippen molar-refractivity contribution >= 4 is 29.1 Å². The van der Waals surface area contributed by atoms with Crippen LogP contribution in [0.2, 0.25) is 5.02 Å². The quantitative estimate of drug-likeness (QED) is 0.300. The van der Waals surface area contributed by atoms with Gasteiger partial charge in [-0.25, -0.2) is 0 Å². The van der Waals surface area contributed by atoms with Crippen molar-refractivity contribution in [1.29, 1.82) is 0 Å². The van der Waals surface area contributed by atoms with Crippen LogP contribution in [0.15, 0.2) is 58.1 Å². The Bertz CT molecular complexity index is 1460. The normalized spacial score (nSPS) is 17.6. The minimum atomic E-state index is -4.81. The van der Waals surface area contributed by atoms with E-state index in [1.807, 2.05) is 20.8 Å². The van der Waals surface area contributed by atoms with Gasteiger partial charge in [0, 0.05) is 24.1 Å². The van der Waals surface area contributed by atoms with E-state index in [2.05, 4.69) is 21.8 Å². The van der Waals surface area contributed by atoms with Crippen molar-refractivity contribution in [3.63, 3.8) is 0 Å². The first kappa shape index (κ1) is 32.6. The number of carbonyl (C=O) groups is 1. The lowest BCUT2D eigenvalue weighted by Crippen LogP contribution is -2.43. The van der Waals surface area contributed by atoms with Gasteiger partial charge in [-0.1, -0.05) is 44.2 Å². The molecule has 0 saturated carbocycles. The maximum Gasteiger partial charge on any atom is 0.431 e. The van der Waals surface area contributed by atoms with Gasteiger partial charge in [-0.05, 0) is 42.3 Å². The highest BCUT2D eigenvalue weighted by molar-refractivity contribution is 6.30. The van der Waals surface area contributed by atoms with Crippen molar-refractivity contribution in [2.45, 2.75) is 58.4 Å². The second-order valence-electron chi connectivity index (χ2n) is 8.93. The predicted octanol–water partition coefficient (Wildman–Crippen LogP) is 6.73. The van der Waals surface area contributed by atoms with Crippen LogP contribution >= 0.6 is 11.6 Å². The van der Waals surface area contributed by atoms with Crippen LogP contribution in [0.25, 0.3) is 0 Å². The lowest BCUT2D eigenvalue weighted by atomic mass is 9.95. The molecule has 9 nitrogen and oxygen atoms in total. The molecule has 2 heterocycles. The zero-order valence-corrected chi connectivity index (χ0v) is 24.6. The number of carboxylic acids is 1. The largest absolute Gasteiger partial charge is 0.496 e. The molecule has 2 atom stereocenters. The van der Waals surface area contributed by atoms with Crippen molar-refractivity contribution in [1.82, 2.24) is 10.2 Å². The van der Waals surface area contributed by atoms with Gasteiger partial charge in [-0.3, -0.25) is 14.7 Å². The molecule has 1 aliphatic heterocycles. The molecule has 226 valence electrons. The minimum Gasteiger partial charge on any atom is -0.496 e. The van der Waals surface area contributed by atoms with Crippen LogP contribution in [0, 0.1) is 6.92 Å². The molecule has 1 N–H and O–H groups in total. The smallest absolute Gasteiger partial charge is 0.431 e. The molecule has 1 aliphatic rings. The summed E-state index contributed by atoms with van der Waals surface area (Å²) in [5, 5.41) is 17.1. The van der Waals surface area contributed by atoms with Crippen molar-refractivity contribution in [2.24, 2.45) is 4.99 Å². The third-order valence-electron chi connectivity index (χ3n) is 6.41. The lowest BCUT2D eigenvalue weighted by molar-refractivity contribution is -0.137. The maximum absolute atomic E-state index is 14.2. The number of halogens is 4. The third kappa shape index (κ3) is 7.11. The Balaban J connectivity index is 0.00000237. The highest BCUT2D eigenvalue weighted by Gasteiger charge is 2.44. The van der Waals surface area contributed by atoms with Crippen LogP contribution in [-0.2, 0) is 22.4 Å². The third-order valence-corrected chi connectivity index (χ3v) is 6.64. The molecule has 3 aromatic rings. The number of anilines is 1. The van der Waals surface area contributed by atoms with Gasteiger partial charge < -0.3 is 19.0 Å². The number of benzene rings is 2. The molecule has 0 radical (unpaired) electrons. The zero-order chi connectivity index (χ0) is 31.2. The van der Waals surface area contributed by atoms with E-state index in [-0.39, 0.29) is 42.6 Å². The fourth-order valence-electron chi connectivity index (χ4n) is 4.52. The molecule has 0 bridgehead atoms. The summed E-state index contributed by atoms with van der Waals surface area (Å²) in [6, 6.07) is 9.79. The van der Waals surface area contributed by atoms with Crippen LogP contribution < -0.4 is 9.64 Å². The van der Waals surface area contributed by atoms with E-state index in [4.69, 9.17) is 30.6 Å². The number of ether oxygens (including phenoxy) is 2. The van der Waals surface area contributed by atoms with E-state index in [1.165, 1.54) is 26.3 Å². The van der Waals surface area contributed by atoms with Gasteiger partial charge >= 0.3 is 12.1 Å². The second kappa shape index (κ2) is 13.8. The van der Waals surface area contributed by atoms with Gasteiger partial charge in [0.25, 0.3) is 0 Å². The molecular formula is C29H32ClF3N4O5. The van der Waals surface area contributed by atoms with E-state index in [1.54, 1.807) is 24.3 Å². The van der Waals surface area contributed by atoms with Gasteiger partial charge in [0.2, 0.25) is 11.8 Å². The number of rotatable bonds is 8. The van der Waals surface area contributed by atoms with Gasteiger partial charge in [0.15, 0.2) is 0 Å². The fourth-order valence-corrected chi connectivity index (χ4v) is 4.70. The monoisotopic (exact) mass is 608 g/mol. The Hall–Kier alpha value is -3.90. The van der Waals surface area contributed by atoms with Gasteiger partial charge in [-0.2, -0.15) is 13.2 Å². The van der Waals surface area contributed by atoms with Crippen LogP contribution in [-0.4, -0.2) is 53.5 Å². The van der Waals surface area contributed by atoms with E-state index in [0.29, 0.717) is 27.5 Å². The summed E-state index contributed by atoms with van der Waals surface area (Å²) in [7, 11) is 2.86. The summed E-state index contributed by atoms with van der Waals surface area (Å²) < 4.78 is 60.1. The van der Waals surface area contributed by atoms with Gasteiger partial charge in [0.1, 0.15) is 29.5 Å². The standard InChI is InChI=1S/C27H26ClF3N4O5.C2H6/c1-14-17(6-5-7-20(14)38-4)25-18-12-16(28)8-9-19(18)35(15(2)27(29,30)31)26(32-3)21(39-25)13-23-34-33-22(40-23)10-11-24(36)37;1-2/h5-9,12,21,25H,2,10-11,13H2,1,3-4H3,(H,36,37);1-2H3/t21-,25?;/m1./s1. The molecule has 0 amide bonds. The number of allylic oxidation sites excluding steroid dienone is 1. The van der Waals surface area contributed by atoms with E-state index >= 15 is 0 Å². The number of aliphatic carboxylic acids is 1. The molecule has 0 saturated heterocycles. The molecule has 4 rings (SSSR count). The van der Waals surface area contributed by atoms with E-state index in [9.17, 15) is 18.0 Å². The molecule has 1 unspecified atom stereocenters. The SMILES string of the molecule is C=C(N1C(=NC)[C@@H](Cc2nnc(CCC(=O)O)o2)OC(c2cccc(OC)c2C)c2cc(Cl)ccc21)C(F)(F)F.CC. The topological polar surface area (TPSA) is 110 Å². The Labute approximate surface area is 246 Å². The number of nitrogens with zero attached hydrogens (tertiary/aromatic N) is 4. The Morgan fingerprint density at radius 3 is 2.50 bits per heavy atom. The van der Waals surface area contributed by atoms with E-state index < -0.39 is 30.1 Å². The van der Waals surface area contributed by atoms with Gasteiger partial charge in [-0.15, -0.1) is 10.2 Å². The average Bonchev–Trinajstić information content (AvgIpc) is 3.36. The van der Waals surface area contributed by atoms with Crippen LogP contribution in [0.5, 0.6) is 5.75 Å². The number of methoxy groups -OCH3 is 1. The summed E-state index contributed by atoms with van der Waals surface area (Å²) in [4.78, 5) is 16.0. The van der Waals surface area contributed by atoms with Crippen molar-refractivity contribution < 1.29 is 37.0 Å². The molecule has 0 fully saturated rings. The number of alkyl halides is 3. The number of carboxylic acid groups (broad SMARTS) is 1. The molecular weight excluding hydrogens is 577 g/mol. The highest BCUT2D eigenvalue weighted by atomic mass is 35.5. The van der Waals surface area contributed by atoms with Crippen LogP contribution in [0.4, 0.5) is 18.9 Å². The van der Waals surface area contributed by atoms with Crippen LogP contribution in [0.3, 0.4) is 0 Å². The summed E-state index contributed by atoms with van der Waals surface area (Å²) >= 11 is 6.34.